The first kappa shape index (κ1) is 14.9. The van der Waals surface area contributed by atoms with Crippen molar-refractivity contribution < 1.29 is 36.2 Å². The van der Waals surface area contributed by atoms with Crippen LogP contribution in [-0.4, -0.2) is 16.5 Å². The highest BCUT2D eigenvalue weighted by atomic mass is 19.4. The Balaban J connectivity index is 3.36. The van der Waals surface area contributed by atoms with Crippen molar-refractivity contribution in [2.45, 2.75) is 19.0 Å². The zero-order chi connectivity index (χ0) is 14.8. The van der Waals surface area contributed by atoms with Crippen LogP contribution >= 0.6 is 0 Å². The van der Waals surface area contributed by atoms with Crippen LogP contribution in [0.15, 0.2) is 6.07 Å². The predicted molar refractivity (Wildman–Crippen MR) is 46.9 cm³/mol. The molecule has 0 saturated carbocycles. The van der Waals surface area contributed by atoms with Gasteiger partial charge in [-0.15, -0.1) is 13.2 Å². The second kappa shape index (κ2) is 4.83. The molecule has 0 spiro atoms. The van der Waals surface area contributed by atoms with E-state index in [1.165, 1.54) is 6.07 Å². The van der Waals surface area contributed by atoms with Crippen LogP contribution in [0.1, 0.15) is 11.3 Å². The Morgan fingerprint density at radius 1 is 1.26 bits per heavy atom. The third-order valence-corrected chi connectivity index (χ3v) is 1.79. The standard InChI is InChI=1S/C9H4F6N2O2/c10-8(11,12)6-5(18)3-4(1-2-16)7(17-6)19-9(13,14)15/h3,18H,1H2. The average molecular weight is 286 g/mol. The van der Waals surface area contributed by atoms with Gasteiger partial charge < -0.3 is 9.84 Å². The normalized spacial score (nSPS) is 12.1. The van der Waals surface area contributed by atoms with Crippen LogP contribution in [0, 0.1) is 11.3 Å². The summed E-state index contributed by atoms with van der Waals surface area (Å²) in [5, 5.41) is 17.4. The molecule has 0 radical (unpaired) electrons. The minimum atomic E-state index is -5.27. The fourth-order valence-corrected chi connectivity index (χ4v) is 1.14. The molecule has 0 atom stereocenters. The summed E-state index contributed by atoms with van der Waals surface area (Å²) in [4.78, 5) is 2.58. The number of nitriles is 1. The van der Waals surface area contributed by atoms with Crippen molar-refractivity contribution in [2.24, 2.45) is 0 Å². The summed E-state index contributed by atoms with van der Waals surface area (Å²) in [6, 6.07) is 1.78. The molecule has 1 aromatic heterocycles. The van der Waals surface area contributed by atoms with Crippen LogP contribution in [0.25, 0.3) is 0 Å². The number of nitrogens with zero attached hydrogens (tertiary/aromatic N) is 2. The van der Waals surface area contributed by atoms with Crippen LogP contribution in [0.5, 0.6) is 11.6 Å². The zero-order valence-electron chi connectivity index (χ0n) is 8.80. The molecule has 19 heavy (non-hydrogen) atoms. The van der Waals surface area contributed by atoms with Crippen molar-refractivity contribution in [3.05, 3.63) is 17.3 Å². The van der Waals surface area contributed by atoms with Crippen molar-refractivity contribution in [1.82, 2.24) is 4.98 Å². The molecule has 1 rings (SSSR count). The van der Waals surface area contributed by atoms with E-state index in [9.17, 15) is 26.3 Å². The van der Waals surface area contributed by atoms with E-state index in [-0.39, 0.29) is 0 Å². The highest BCUT2D eigenvalue weighted by molar-refractivity contribution is 5.40. The predicted octanol–water partition coefficient (Wildman–Crippen LogP) is 2.77. The molecule has 0 aliphatic carbocycles. The van der Waals surface area contributed by atoms with Crippen molar-refractivity contribution in [3.63, 3.8) is 0 Å². The number of halogens is 6. The fraction of sp³-hybridized carbons (Fsp3) is 0.333. The first-order valence-electron chi connectivity index (χ1n) is 4.47. The van der Waals surface area contributed by atoms with Gasteiger partial charge in [0.2, 0.25) is 5.88 Å². The van der Waals surface area contributed by atoms with Crippen LogP contribution in [0.4, 0.5) is 26.3 Å². The number of aromatic nitrogens is 1. The first-order valence-corrected chi connectivity index (χ1v) is 4.47. The van der Waals surface area contributed by atoms with E-state index >= 15 is 0 Å². The number of hydrogen-bond acceptors (Lipinski definition) is 4. The smallest absolute Gasteiger partial charge is 0.506 e. The average Bonchev–Trinajstić information content (AvgIpc) is 2.18. The number of aromatic hydroxyl groups is 1. The Kier molecular flexibility index (Phi) is 3.78. The van der Waals surface area contributed by atoms with Gasteiger partial charge in [0.05, 0.1) is 12.5 Å². The summed E-state index contributed by atoms with van der Waals surface area (Å²) in [6.07, 6.45) is -11.1. The van der Waals surface area contributed by atoms with Crippen molar-refractivity contribution in [1.29, 1.82) is 5.26 Å². The maximum absolute atomic E-state index is 12.4. The SMILES string of the molecule is N#CCc1cc(O)c(C(F)(F)F)nc1OC(F)(F)F. The van der Waals surface area contributed by atoms with Gasteiger partial charge in [-0.1, -0.05) is 0 Å². The van der Waals surface area contributed by atoms with Gasteiger partial charge in [-0.05, 0) is 6.07 Å². The summed E-state index contributed by atoms with van der Waals surface area (Å²) in [5.41, 5.74) is -2.53. The van der Waals surface area contributed by atoms with Crippen LogP contribution < -0.4 is 4.74 Å². The van der Waals surface area contributed by atoms with Gasteiger partial charge in [-0.3, -0.25) is 0 Å². The van der Waals surface area contributed by atoms with Gasteiger partial charge in [-0.25, -0.2) is 4.98 Å². The molecule has 104 valence electrons. The Morgan fingerprint density at radius 2 is 1.84 bits per heavy atom. The maximum Gasteiger partial charge on any atom is 0.574 e. The van der Waals surface area contributed by atoms with E-state index in [0.29, 0.717) is 6.07 Å². The molecule has 0 bridgehead atoms. The van der Waals surface area contributed by atoms with Gasteiger partial charge in [0.1, 0.15) is 5.75 Å². The monoisotopic (exact) mass is 286 g/mol. The van der Waals surface area contributed by atoms with E-state index < -0.39 is 41.8 Å². The second-order valence-corrected chi connectivity index (χ2v) is 3.20. The summed E-state index contributed by atoms with van der Waals surface area (Å²) >= 11 is 0. The maximum atomic E-state index is 12.4. The van der Waals surface area contributed by atoms with Gasteiger partial charge in [0, 0.05) is 5.56 Å². The summed E-state index contributed by atoms with van der Waals surface area (Å²) in [7, 11) is 0. The molecule has 10 heteroatoms. The number of hydrogen-bond donors (Lipinski definition) is 1. The van der Waals surface area contributed by atoms with Crippen molar-refractivity contribution >= 4 is 0 Å². The Hall–Kier alpha value is -2.18. The molecular formula is C9H4F6N2O2. The molecule has 0 fully saturated rings. The van der Waals surface area contributed by atoms with E-state index in [1.807, 2.05) is 0 Å². The molecule has 1 aromatic rings. The third kappa shape index (κ3) is 3.90. The van der Waals surface area contributed by atoms with Gasteiger partial charge >= 0.3 is 12.5 Å². The molecule has 0 aliphatic rings. The lowest BCUT2D eigenvalue weighted by Crippen LogP contribution is -2.20. The number of alkyl halides is 6. The third-order valence-electron chi connectivity index (χ3n) is 1.79. The second-order valence-electron chi connectivity index (χ2n) is 3.20. The lowest BCUT2D eigenvalue weighted by atomic mass is 10.2. The number of ether oxygens (including phenoxy) is 1. The highest BCUT2D eigenvalue weighted by Gasteiger charge is 2.39. The molecular weight excluding hydrogens is 282 g/mol. The van der Waals surface area contributed by atoms with Crippen molar-refractivity contribution in [2.75, 3.05) is 0 Å². The lowest BCUT2D eigenvalue weighted by molar-refractivity contribution is -0.276. The molecule has 0 unspecified atom stereocenters. The Morgan fingerprint density at radius 3 is 2.26 bits per heavy atom. The Bertz CT molecular complexity index is 517. The van der Waals surface area contributed by atoms with Gasteiger partial charge in [0.15, 0.2) is 5.69 Å². The van der Waals surface area contributed by atoms with Crippen LogP contribution in [0.2, 0.25) is 0 Å². The van der Waals surface area contributed by atoms with Crippen LogP contribution in [0.3, 0.4) is 0 Å². The Labute approximate surface area is 101 Å². The van der Waals surface area contributed by atoms with Crippen LogP contribution in [-0.2, 0) is 12.6 Å². The van der Waals surface area contributed by atoms with Crippen molar-refractivity contribution in [3.8, 4) is 17.7 Å². The minimum Gasteiger partial charge on any atom is -0.506 e. The summed E-state index contributed by atoms with van der Waals surface area (Å²) in [6.45, 7) is 0. The summed E-state index contributed by atoms with van der Waals surface area (Å²) in [5.74, 6) is -2.80. The summed E-state index contributed by atoms with van der Waals surface area (Å²) < 4.78 is 76.4. The minimum absolute atomic E-state index is 0.361. The topological polar surface area (TPSA) is 66.1 Å². The zero-order valence-corrected chi connectivity index (χ0v) is 8.80. The fourth-order valence-electron chi connectivity index (χ4n) is 1.14. The molecule has 0 amide bonds. The molecule has 1 heterocycles. The van der Waals surface area contributed by atoms with E-state index in [2.05, 4.69) is 9.72 Å². The molecule has 0 aliphatic heterocycles. The highest BCUT2D eigenvalue weighted by Crippen LogP contribution is 2.38. The largest absolute Gasteiger partial charge is 0.574 e. The van der Waals surface area contributed by atoms with Gasteiger partial charge in [-0.2, -0.15) is 18.4 Å². The van der Waals surface area contributed by atoms with Gasteiger partial charge in [0.25, 0.3) is 0 Å². The number of rotatable bonds is 2. The van der Waals surface area contributed by atoms with E-state index in [1.54, 1.807) is 0 Å². The lowest BCUT2D eigenvalue weighted by Gasteiger charge is -2.14. The number of pyridine rings is 1. The molecule has 0 aromatic carbocycles. The van der Waals surface area contributed by atoms with E-state index in [0.717, 1.165) is 0 Å². The van der Waals surface area contributed by atoms with E-state index in [4.69, 9.17) is 10.4 Å². The quantitative estimate of drug-likeness (QED) is 0.849. The molecule has 4 nitrogen and oxygen atoms in total. The first-order chi connectivity index (χ1) is 8.54. The molecule has 0 saturated heterocycles. The molecule has 1 N–H and O–H groups in total.